The second-order valence-electron chi connectivity index (χ2n) is 2.81. The van der Waals surface area contributed by atoms with Crippen molar-refractivity contribution in [2.75, 3.05) is 0 Å². The van der Waals surface area contributed by atoms with Crippen LogP contribution in [0.25, 0.3) is 0 Å². The van der Waals surface area contributed by atoms with E-state index < -0.39 is 0 Å². The third-order valence-corrected chi connectivity index (χ3v) is 2.56. The van der Waals surface area contributed by atoms with Crippen molar-refractivity contribution in [1.29, 1.82) is 0 Å². The molecule has 0 aromatic rings. The van der Waals surface area contributed by atoms with Gasteiger partial charge in [-0.3, -0.25) is 0 Å². The molecule has 0 aliphatic carbocycles. The molecule has 3 heteroatoms. The second-order valence-corrected chi connectivity index (χ2v) is 4.74. The first-order valence-electron chi connectivity index (χ1n) is 3.44. The topological polar surface area (TPSA) is 12.0 Å². The van der Waals surface area contributed by atoms with Crippen LogP contribution in [0.4, 0.5) is 0 Å². The summed E-state index contributed by atoms with van der Waals surface area (Å²) in [6.07, 6.45) is 3.16. The molecule has 0 saturated heterocycles. The Morgan fingerprint density at radius 1 is 1.80 bits per heavy atom. The predicted molar refractivity (Wildman–Crippen MR) is 47.9 cm³/mol. The van der Waals surface area contributed by atoms with Crippen molar-refractivity contribution >= 4 is 23.4 Å². The zero-order valence-electron chi connectivity index (χ0n) is 6.23. The third kappa shape index (κ3) is 2.43. The Hall–Kier alpha value is 0.180. The first kappa shape index (κ1) is 8.28. The van der Waals surface area contributed by atoms with Gasteiger partial charge < -0.3 is 5.32 Å². The van der Waals surface area contributed by atoms with Gasteiger partial charge in [0.2, 0.25) is 0 Å². The molecule has 0 spiro atoms. The van der Waals surface area contributed by atoms with Crippen LogP contribution in [-0.4, -0.2) is 4.83 Å². The zero-order valence-corrected chi connectivity index (χ0v) is 7.80. The molecule has 58 valence electrons. The van der Waals surface area contributed by atoms with E-state index in [4.69, 9.17) is 11.6 Å². The molecule has 10 heavy (non-hydrogen) atoms. The van der Waals surface area contributed by atoms with Crippen LogP contribution < -0.4 is 5.32 Å². The molecule has 0 amide bonds. The molecule has 1 N–H and O–H groups in total. The van der Waals surface area contributed by atoms with Crippen molar-refractivity contribution in [1.82, 2.24) is 5.32 Å². The fourth-order valence-electron chi connectivity index (χ4n) is 0.869. The second kappa shape index (κ2) is 3.54. The number of hydrogen-bond acceptors (Lipinski definition) is 2. The molecule has 1 atom stereocenters. The van der Waals surface area contributed by atoms with Gasteiger partial charge in [-0.05, 0) is 12.3 Å². The minimum absolute atomic E-state index is 0.0637. The lowest BCUT2D eigenvalue weighted by molar-refractivity contribution is 0.658. The maximum absolute atomic E-state index is 5.79. The fraction of sp³-hybridized carbons (Fsp3) is 0.714. The Balaban J connectivity index is 2.30. The van der Waals surface area contributed by atoms with E-state index in [1.807, 2.05) is 6.20 Å². The highest BCUT2D eigenvalue weighted by atomic mass is 35.5. The summed E-state index contributed by atoms with van der Waals surface area (Å²) in [5.41, 5.74) is 0. The maximum atomic E-state index is 5.79. The van der Waals surface area contributed by atoms with Gasteiger partial charge in [0, 0.05) is 11.1 Å². The highest BCUT2D eigenvalue weighted by molar-refractivity contribution is 8.04. The van der Waals surface area contributed by atoms with Gasteiger partial charge in [0.05, 0.1) is 0 Å². The smallest absolute Gasteiger partial charge is 0.152 e. The molecule has 0 aromatic heterocycles. The average molecular weight is 178 g/mol. The Bertz CT molecular complexity index is 145. The molecule has 0 saturated carbocycles. The van der Waals surface area contributed by atoms with Gasteiger partial charge >= 0.3 is 0 Å². The minimum Gasteiger partial charge on any atom is -0.366 e. The van der Waals surface area contributed by atoms with Gasteiger partial charge in [0.25, 0.3) is 0 Å². The van der Waals surface area contributed by atoms with Gasteiger partial charge in [0.1, 0.15) is 0 Å². The first-order chi connectivity index (χ1) is 4.68. The van der Waals surface area contributed by atoms with E-state index in [0.717, 1.165) is 12.3 Å². The molecule has 1 unspecified atom stereocenters. The molecular weight excluding hydrogens is 166 g/mol. The summed E-state index contributed by atoms with van der Waals surface area (Å²) in [7, 11) is 0. The van der Waals surface area contributed by atoms with Crippen LogP contribution in [0.2, 0.25) is 0 Å². The summed E-state index contributed by atoms with van der Waals surface area (Å²) in [4.78, 5) is 1.43. The van der Waals surface area contributed by atoms with Crippen molar-refractivity contribution in [3.63, 3.8) is 0 Å². The van der Waals surface area contributed by atoms with E-state index in [9.17, 15) is 0 Å². The lowest BCUT2D eigenvalue weighted by Gasteiger charge is -2.03. The van der Waals surface area contributed by atoms with E-state index >= 15 is 0 Å². The highest BCUT2D eigenvalue weighted by Crippen LogP contribution is 2.32. The lowest BCUT2D eigenvalue weighted by Crippen LogP contribution is -2.06. The first-order valence-corrected chi connectivity index (χ1v) is 4.76. The normalized spacial score (nSPS) is 24.8. The number of thioether (sulfide) groups is 1. The van der Waals surface area contributed by atoms with E-state index in [1.165, 1.54) is 4.91 Å². The van der Waals surface area contributed by atoms with Crippen LogP contribution in [0, 0.1) is 5.92 Å². The number of allylic oxidation sites excluding steroid dienone is 1. The van der Waals surface area contributed by atoms with Gasteiger partial charge in [0.15, 0.2) is 4.83 Å². The van der Waals surface area contributed by atoms with Crippen molar-refractivity contribution in [3.8, 4) is 0 Å². The van der Waals surface area contributed by atoms with Gasteiger partial charge in [-0.25, -0.2) is 0 Å². The number of rotatable bonds is 2. The SMILES string of the molecule is CC(C)CC1=CNC(Cl)S1. The largest absolute Gasteiger partial charge is 0.366 e. The average Bonchev–Trinajstić information content (AvgIpc) is 2.13. The Kier molecular flexibility index (Phi) is 2.93. The molecule has 1 nitrogen and oxygen atoms in total. The highest BCUT2D eigenvalue weighted by Gasteiger charge is 2.14. The van der Waals surface area contributed by atoms with Crippen molar-refractivity contribution in [2.24, 2.45) is 5.92 Å². The molecule has 1 heterocycles. The molecular formula is C7H12ClNS. The van der Waals surface area contributed by atoms with E-state index in [-0.39, 0.29) is 4.83 Å². The van der Waals surface area contributed by atoms with Gasteiger partial charge in [-0.15, -0.1) is 0 Å². The van der Waals surface area contributed by atoms with E-state index in [1.54, 1.807) is 11.8 Å². The summed E-state index contributed by atoms with van der Waals surface area (Å²) < 4.78 is 0. The van der Waals surface area contributed by atoms with Crippen LogP contribution in [0.3, 0.4) is 0 Å². The van der Waals surface area contributed by atoms with Crippen LogP contribution in [0.15, 0.2) is 11.1 Å². The molecule has 1 aliphatic rings. The molecule has 0 aromatic carbocycles. The van der Waals surface area contributed by atoms with E-state index in [0.29, 0.717) is 0 Å². The molecule has 0 bridgehead atoms. The number of nitrogens with one attached hydrogen (secondary N) is 1. The molecule has 1 rings (SSSR count). The Morgan fingerprint density at radius 3 is 2.90 bits per heavy atom. The van der Waals surface area contributed by atoms with E-state index in [2.05, 4.69) is 19.2 Å². The summed E-state index contributed by atoms with van der Waals surface area (Å²) in [5.74, 6) is 0.725. The summed E-state index contributed by atoms with van der Waals surface area (Å²) in [6.45, 7) is 4.42. The predicted octanol–water partition coefficient (Wildman–Crippen LogP) is 2.73. The number of halogens is 1. The van der Waals surface area contributed by atoms with Crippen LogP contribution >= 0.6 is 23.4 Å². The minimum atomic E-state index is 0.0637. The summed E-state index contributed by atoms with van der Waals surface area (Å²) in [5, 5.41) is 3.04. The molecule has 0 radical (unpaired) electrons. The van der Waals surface area contributed by atoms with Crippen molar-refractivity contribution in [3.05, 3.63) is 11.1 Å². The maximum Gasteiger partial charge on any atom is 0.152 e. The standard InChI is InChI=1S/C7H12ClNS/c1-5(2)3-6-4-9-7(8)10-6/h4-5,7,9H,3H2,1-2H3. The Morgan fingerprint density at radius 2 is 2.50 bits per heavy atom. The summed E-state index contributed by atoms with van der Waals surface area (Å²) >= 11 is 7.50. The third-order valence-electron chi connectivity index (χ3n) is 1.24. The molecule has 1 aliphatic heterocycles. The van der Waals surface area contributed by atoms with Crippen LogP contribution in [0.1, 0.15) is 20.3 Å². The lowest BCUT2D eigenvalue weighted by atomic mass is 10.1. The number of alkyl halides is 1. The van der Waals surface area contributed by atoms with Crippen LogP contribution in [0.5, 0.6) is 0 Å². The quantitative estimate of drug-likeness (QED) is 0.514. The Labute approximate surface area is 71.2 Å². The fourth-order valence-corrected chi connectivity index (χ4v) is 2.24. The van der Waals surface area contributed by atoms with Gasteiger partial charge in [-0.1, -0.05) is 37.2 Å². The van der Waals surface area contributed by atoms with Crippen molar-refractivity contribution in [2.45, 2.75) is 25.1 Å². The zero-order chi connectivity index (χ0) is 7.56. The van der Waals surface area contributed by atoms with Crippen LogP contribution in [-0.2, 0) is 0 Å². The van der Waals surface area contributed by atoms with Crippen molar-refractivity contribution < 1.29 is 0 Å². The summed E-state index contributed by atoms with van der Waals surface area (Å²) in [6, 6.07) is 0. The molecule has 0 fully saturated rings. The number of hydrogen-bond donors (Lipinski definition) is 1. The van der Waals surface area contributed by atoms with Gasteiger partial charge in [-0.2, -0.15) is 0 Å². The monoisotopic (exact) mass is 177 g/mol.